The van der Waals surface area contributed by atoms with Crippen LogP contribution in [0.2, 0.25) is 0 Å². The van der Waals surface area contributed by atoms with Gasteiger partial charge in [-0.1, -0.05) is 32.0 Å². The Balaban J connectivity index is 1.61. The molecule has 1 saturated heterocycles. The summed E-state index contributed by atoms with van der Waals surface area (Å²) in [5.74, 6) is 1.37. The van der Waals surface area contributed by atoms with E-state index in [4.69, 9.17) is 4.74 Å². The topological polar surface area (TPSA) is 44.8 Å². The fourth-order valence-electron chi connectivity index (χ4n) is 4.04. The first-order valence-electron chi connectivity index (χ1n) is 11.1. The second-order valence-corrected chi connectivity index (χ2v) is 8.14. The Kier molecular flexibility index (Phi) is 7.75. The van der Waals surface area contributed by atoms with Gasteiger partial charge in [-0.05, 0) is 61.6 Å². The van der Waals surface area contributed by atoms with Crippen LogP contribution >= 0.6 is 0 Å². The molecule has 2 atom stereocenters. The second kappa shape index (κ2) is 10.5. The van der Waals surface area contributed by atoms with Gasteiger partial charge in [0.25, 0.3) is 0 Å². The number of carbonyl (C=O) groups is 1. The van der Waals surface area contributed by atoms with Crippen molar-refractivity contribution >= 4 is 17.3 Å². The van der Waals surface area contributed by atoms with Crippen molar-refractivity contribution in [2.75, 3.05) is 43.5 Å². The number of carbonyl (C=O) groups excluding carboxylic acids is 1. The summed E-state index contributed by atoms with van der Waals surface area (Å²) < 4.78 is 5.26. The van der Waals surface area contributed by atoms with Gasteiger partial charge in [0.1, 0.15) is 5.75 Å². The van der Waals surface area contributed by atoms with E-state index in [0.717, 1.165) is 50.5 Å². The van der Waals surface area contributed by atoms with Gasteiger partial charge in [0.2, 0.25) is 5.91 Å². The van der Waals surface area contributed by atoms with Gasteiger partial charge >= 0.3 is 0 Å². The van der Waals surface area contributed by atoms with Gasteiger partial charge < -0.3 is 15.0 Å². The van der Waals surface area contributed by atoms with Crippen molar-refractivity contribution in [3.63, 3.8) is 0 Å². The minimum atomic E-state index is -0.161. The molecule has 3 rings (SSSR count). The third kappa shape index (κ3) is 5.33. The van der Waals surface area contributed by atoms with Crippen LogP contribution in [-0.2, 0) is 4.79 Å². The molecule has 0 aromatic heterocycles. The van der Waals surface area contributed by atoms with Crippen molar-refractivity contribution in [2.45, 2.75) is 45.6 Å². The summed E-state index contributed by atoms with van der Waals surface area (Å²) >= 11 is 0. The van der Waals surface area contributed by atoms with E-state index in [1.54, 1.807) is 7.11 Å². The van der Waals surface area contributed by atoms with Crippen LogP contribution in [-0.4, -0.2) is 50.1 Å². The number of methoxy groups -OCH3 is 1. The molecule has 1 amide bonds. The Bertz CT molecular complexity index is 821. The van der Waals surface area contributed by atoms with E-state index in [2.05, 4.69) is 47.2 Å². The number of benzene rings is 2. The summed E-state index contributed by atoms with van der Waals surface area (Å²) in [7, 11) is 1.69. The van der Waals surface area contributed by atoms with Crippen LogP contribution in [0.25, 0.3) is 0 Å². The lowest BCUT2D eigenvalue weighted by Crippen LogP contribution is -2.44. The highest BCUT2D eigenvalue weighted by Gasteiger charge is 2.25. The van der Waals surface area contributed by atoms with Crippen molar-refractivity contribution in [3.05, 3.63) is 54.1 Å². The molecule has 1 aliphatic heterocycles. The number of hydrogen-bond acceptors (Lipinski definition) is 4. The van der Waals surface area contributed by atoms with Crippen LogP contribution in [0, 0.1) is 0 Å². The number of hydrogen-bond donors (Lipinski definition) is 1. The minimum Gasteiger partial charge on any atom is -0.497 e. The van der Waals surface area contributed by atoms with Crippen molar-refractivity contribution in [3.8, 4) is 5.75 Å². The van der Waals surface area contributed by atoms with Crippen molar-refractivity contribution in [2.24, 2.45) is 0 Å². The van der Waals surface area contributed by atoms with Crippen LogP contribution in [0.5, 0.6) is 5.75 Å². The number of anilines is 2. The van der Waals surface area contributed by atoms with Crippen LogP contribution in [0.1, 0.15) is 45.1 Å². The number of nitrogens with one attached hydrogen (secondary N) is 1. The third-order valence-corrected chi connectivity index (χ3v) is 6.26. The number of rotatable bonds is 7. The largest absolute Gasteiger partial charge is 0.497 e. The predicted octanol–water partition coefficient (Wildman–Crippen LogP) is 4.75. The average molecular weight is 410 g/mol. The number of amides is 1. The zero-order valence-electron chi connectivity index (χ0n) is 18.7. The van der Waals surface area contributed by atoms with Crippen LogP contribution in [0.3, 0.4) is 0 Å². The maximum atomic E-state index is 13.0. The molecule has 0 radical (unpaired) electrons. The lowest BCUT2D eigenvalue weighted by atomic mass is 9.97. The molecule has 1 fully saturated rings. The monoisotopic (exact) mass is 409 g/mol. The predicted molar refractivity (Wildman–Crippen MR) is 125 cm³/mol. The van der Waals surface area contributed by atoms with Gasteiger partial charge in [0.05, 0.1) is 13.2 Å². The molecular formula is C25H35N3O2. The summed E-state index contributed by atoms with van der Waals surface area (Å²) in [6.45, 7) is 10.1. The fourth-order valence-corrected chi connectivity index (χ4v) is 4.04. The van der Waals surface area contributed by atoms with E-state index in [0.29, 0.717) is 5.92 Å². The minimum absolute atomic E-state index is 0.0728. The Morgan fingerprint density at radius 1 is 1.03 bits per heavy atom. The zero-order chi connectivity index (χ0) is 21.5. The lowest BCUT2D eigenvalue weighted by Gasteiger charge is -2.28. The van der Waals surface area contributed by atoms with E-state index >= 15 is 0 Å². The molecule has 30 heavy (non-hydrogen) atoms. The molecule has 5 heteroatoms. The molecular weight excluding hydrogens is 374 g/mol. The fraction of sp³-hybridized carbons (Fsp3) is 0.480. The summed E-state index contributed by atoms with van der Waals surface area (Å²) in [5.41, 5.74) is 3.36. The Labute approximate surface area is 181 Å². The van der Waals surface area contributed by atoms with Crippen LogP contribution in [0.4, 0.5) is 11.4 Å². The van der Waals surface area contributed by atoms with E-state index in [-0.39, 0.29) is 11.9 Å². The first-order chi connectivity index (χ1) is 14.5. The summed E-state index contributed by atoms with van der Waals surface area (Å²) in [4.78, 5) is 17.7. The molecule has 0 aliphatic carbocycles. The molecule has 1 heterocycles. The highest BCUT2D eigenvalue weighted by Crippen LogP contribution is 2.27. The standard InChI is InChI=1S/C25H35N3O2/c1-5-19(2)23-9-6-7-10-24(23)26-25(29)20(3)27-15-8-16-28(18-17-27)21-11-13-22(30-4)14-12-21/h6-7,9-14,19-20H,5,8,15-18H2,1-4H3,(H,26,29). The quantitative estimate of drug-likeness (QED) is 0.717. The van der Waals surface area contributed by atoms with Gasteiger partial charge in [0.15, 0.2) is 0 Å². The molecule has 1 N–H and O–H groups in total. The first-order valence-corrected chi connectivity index (χ1v) is 11.1. The number of para-hydroxylation sites is 1. The molecule has 2 aromatic carbocycles. The smallest absolute Gasteiger partial charge is 0.241 e. The average Bonchev–Trinajstić information content (AvgIpc) is 3.04. The third-order valence-electron chi connectivity index (χ3n) is 6.26. The Morgan fingerprint density at radius 3 is 2.47 bits per heavy atom. The summed E-state index contributed by atoms with van der Waals surface area (Å²) in [5, 5.41) is 3.19. The zero-order valence-corrected chi connectivity index (χ0v) is 18.7. The van der Waals surface area contributed by atoms with E-state index in [1.807, 2.05) is 37.3 Å². The SMILES string of the molecule is CCC(C)c1ccccc1NC(=O)C(C)N1CCCN(c2ccc(OC)cc2)CC1. The van der Waals surface area contributed by atoms with E-state index in [9.17, 15) is 4.79 Å². The highest BCUT2D eigenvalue weighted by molar-refractivity contribution is 5.95. The van der Waals surface area contributed by atoms with Gasteiger partial charge in [-0.2, -0.15) is 0 Å². The van der Waals surface area contributed by atoms with E-state index < -0.39 is 0 Å². The molecule has 162 valence electrons. The molecule has 1 aliphatic rings. The number of ether oxygens (including phenoxy) is 1. The Hall–Kier alpha value is -2.53. The van der Waals surface area contributed by atoms with E-state index in [1.165, 1.54) is 11.3 Å². The summed E-state index contributed by atoms with van der Waals surface area (Å²) in [6.07, 6.45) is 2.09. The van der Waals surface area contributed by atoms with Crippen LogP contribution in [0.15, 0.2) is 48.5 Å². The maximum absolute atomic E-state index is 13.0. The lowest BCUT2D eigenvalue weighted by molar-refractivity contribution is -0.120. The van der Waals surface area contributed by atoms with Gasteiger partial charge in [-0.3, -0.25) is 9.69 Å². The molecule has 5 nitrogen and oxygen atoms in total. The molecule has 2 aromatic rings. The normalized spacial score (nSPS) is 17.1. The van der Waals surface area contributed by atoms with Gasteiger partial charge in [-0.15, -0.1) is 0 Å². The highest BCUT2D eigenvalue weighted by atomic mass is 16.5. The van der Waals surface area contributed by atoms with Crippen LogP contribution < -0.4 is 15.0 Å². The second-order valence-electron chi connectivity index (χ2n) is 8.14. The van der Waals surface area contributed by atoms with Crippen molar-refractivity contribution < 1.29 is 9.53 Å². The molecule has 0 saturated carbocycles. The first kappa shape index (κ1) is 22.2. The van der Waals surface area contributed by atoms with Crippen molar-refractivity contribution in [1.82, 2.24) is 4.90 Å². The molecule has 0 spiro atoms. The Morgan fingerprint density at radius 2 is 1.77 bits per heavy atom. The summed E-state index contributed by atoms with van der Waals surface area (Å²) in [6, 6.07) is 16.2. The molecule has 0 bridgehead atoms. The number of nitrogens with zero attached hydrogens (tertiary/aromatic N) is 2. The van der Waals surface area contributed by atoms with Gasteiger partial charge in [0, 0.05) is 37.6 Å². The molecule has 2 unspecified atom stereocenters. The van der Waals surface area contributed by atoms with Crippen molar-refractivity contribution in [1.29, 1.82) is 0 Å². The van der Waals surface area contributed by atoms with Gasteiger partial charge in [-0.25, -0.2) is 0 Å². The maximum Gasteiger partial charge on any atom is 0.241 e.